The molecule has 0 saturated heterocycles. The molecule has 0 radical (unpaired) electrons. The van der Waals surface area contributed by atoms with Gasteiger partial charge in [0, 0.05) is 17.5 Å². The molecular formula is C17H16N2O2. The molecule has 0 atom stereocenters. The maximum Gasteiger partial charge on any atom is 0.363 e. The molecule has 0 fully saturated rings. The highest BCUT2D eigenvalue weighted by molar-refractivity contribution is 6.12. The zero-order valence-electron chi connectivity index (χ0n) is 12.0. The number of hydrogen-bond donors (Lipinski definition) is 1. The molecule has 1 N–H and O–H groups in total. The topological polar surface area (TPSA) is 54.5 Å². The van der Waals surface area contributed by atoms with Gasteiger partial charge in [0.05, 0.1) is 0 Å². The van der Waals surface area contributed by atoms with Crippen molar-refractivity contribution in [2.75, 3.05) is 0 Å². The number of carbonyl (C=O) groups is 1. The fourth-order valence-electron chi connectivity index (χ4n) is 2.12. The summed E-state index contributed by atoms with van der Waals surface area (Å²) in [5.41, 5.74) is 3.18. The summed E-state index contributed by atoms with van der Waals surface area (Å²) in [4.78, 5) is 19.1. The van der Waals surface area contributed by atoms with Crippen LogP contribution in [0, 0.1) is 0 Å². The number of nitrogens with zero attached hydrogens (tertiary/aromatic N) is 1. The third kappa shape index (κ3) is 2.79. The number of aromatic nitrogens is 1. The van der Waals surface area contributed by atoms with E-state index in [-0.39, 0.29) is 0 Å². The predicted molar refractivity (Wildman–Crippen MR) is 81.9 cm³/mol. The molecule has 1 aromatic carbocycles. The van der Waals surface area contributed by atoms with Gasteiger partial charge >= 0.3 is 5.97 Å². The monoisotopic (exact) mass is 280 g/mol. The van der Waals surface area contributed by atoms with Gasteiger partial charge in [0.15, 0.2) is 5.70 Å². The quantitative estimate of drug-likeness (QED) is 0.691. The molecule has 0 spiro atoms. The Bertz CT molecular complexity index is 708. The van der Waals surface area contributed by atoms with E-state index in [4.69, 9.17) is 4.74 Å². The average molecular weight is 280 g/mol. The van der Waals surface area contributed by atoms with Gasteiger partial charge in [-0.3, -0.25) is 0 Å². The van der Waals surface area contributed by atoms with E-state index in [0.717, 1.165) is 11.3 Å². The van der Waals surface area contributed by atoms with Crippen molar-refractivity contribution in [2.45, 2.75) is 19.8 Å². The number of benzene rings is 1. The van der Waals surface area contributed by atoms with Gasteiger partial charge in [0.1, 0.15) is 0 Å². The number of aliphatic imine (C=N–C) groups is 1. The number of aromatic amines is 1. The van der Waals surface area contributed by atoms with Crippen LogP contribution in [-0.4, -0.2) is 16.9 Å². The Morgan fingerprint density at radius 1 is 1.19 bits per heavy atom. The van der Waals surface area contributed by atoms with Crippen molar-refractivity contribution >= 4 is 17.9 Å². The molecule has 2 heterocycles. The van der Waals surface area contributed by atoms with Crippen LogP contribution in [0.4, 0.5) is 0 Å². The van der Waals surface area contributed by atoms with E-state index >= 15 is 0 Å². The number of hydrogen-bond acceptors (Lipinski definition) is 3. The van der Waals surface area contributed by atoms with Crippen LogP contribution >= 0.6 is 0 Å². The molecule has 1 aromatic heterocycles. The third-order valence-corrected chi connectivity index (χ3v) is 3.36. The number of esters is 1. The Morgan fingerprint density at radius 2 is 1.95 bits per heavy atom. The van der Waals surface area contributed by atoms with Crippen LogP contribution in [0.1, 0.15) is 36.6 Å². The lowest BCUT2D eigenvalue weighted by molar-refractivity contribution is -0.129. The van der Waals surface area contributed by atoms with Crippen molar-refractivity contribution in [1.29, 1.82) is 0 Å². The summed E-state index contributed by atoms with van der Waals surface area (Å²) in [5.74, 6) is 0.399. The second-order valence-corrected chi connectivity index (χ2v) is 5.24. The smallest absolute Gasteiger partial charge is 0.363 e. The van der Waals surface area contributed by atoms with Crippen LogP contribution in [0.5, 0.6) is 0 Å². The van der Waals surface area contributed by atoms with Crippen molar-refractivity contribution in [3.05, 3.63) is 65.1 Å². The summed E-state index contributed by atoms with van der Waals surface area (Å²) in [6.07, 6.45) is 3.47. The molecule has 0 amide bonds. The summed E-state index contributed by atoms with van der Waals surface area (Å²) >= 11 is 0. The molecule has 4 nitrogen and oxygen atoms in total. The molecule has 4 heteroatoms. The first-order valence-corrected chi connectivity index (χ1v) is 6.90. The van der Waals surface area contributed by atoms with E-state index in [0.29, 0.717) is 17.5 Å². The minimum Gasteiger partial charge on any atom is -0.402 e. The zero-order chi connectivity index (χ0) is 14.8. The van der Waals surface area contributed by atoms with Gasteiger partial charge in [-0.25, -0.2) is 9.79 Å². The molecule has 0 unspecified atom stereocenters. The van der Waals surface area contributed by atoms with E-state index in [1.165, 1.54) is 5.56 Å². The maximum atomic E-state index is 11.8. The number of ether oxygens (including phenoxy) is 1. The average Bonchev–Trinajstić information content (AvgIpc) is 3.10. The van der Waals surface area contributed by atoms with E-state index in [2.05, 4.69) is 23.8 Å². The lowest BCUT2D eigenvalue weighted by atomic mass is 10.0. The Morgan fingerprint density at radius 3 is 2.57 bits per heavy atom. The van der Waals surface area contributed by atoms with Crippen molar-refractivity contribution in [3.63, 3.8) is 0 Å². The highest BCUT2D eigenvalue weighted by Crippen LogP contribution is 2.20. The summed E-state index contributed by atoms with van der Waals surface area (Å²) in [5, 5.41) is 0. The maximum absolute atomic E-state index is 11.8. The van der Waals surface area contributed by atoms with Gasteiger partial charge in [0.25, 0.3) is 0 Å². The third-order valence-electron chi connectivity index (χ3n) is 3.36. The summed E-state index contributed by atoms with van der Waals surface area (Å²) < 4.78 is 5.24. The largest absolute Gasteiger partial charge is 0.402 e. The molecule has 21 heavy (non-hydrogen) atoms. The van der Waals surface area contributed by atoms with E-state index in [1.54, 1.807) is 12.3 Å². The molecule has 1 aliphatic rings. The SMILES string of the molecule is CC(C)c1ccc(C2=NC(=Cc3ccc[nH]3)C(=O)O2)cc1. The van der Waals surface area contributed by atoms with Crippen molar-refractivity contribution in [2.24, 2.45) is 4.99 Å². The minimum absolute atomic E-state index is 0.306. The summed E-state index contributed by atoms with van der Waals surface area (Å²) in [6.45, 7) is 4.28. The van der Waals surface area contributed by atoms with E-state index in [9.17, 15) is 4.79 Å². The van der Waals surface area contributed by atoms with Gasteiger partial charge in [-0.15, -0.1) is 0 Å². The summed E-state index contributed by atoms with van der Waals surface area (Å²) in [6, 6.07) is 11.7. The highest BCUT2D eigenvalue weighted by atomic mass is 16.6. The molecule has 2 aromatic rings. The highest BCUT2D eigenvalue weighted by Gasteiger charge is 2.24. The van der Waals surface area contributed by atoms with Crippen molar-refractivity contribution in [3.8, 4) is 0 Å². The first-order valence-electron chi connectivity index (χ1n) is 6.90. The summed E-state index contributed by atoms with van der Waals surface area (Å²) in [7, 11) is 0. The number of carbonyl (C=O) groups excluding carboxylic acids is 1. The predicted octanol–water partition coefficient (Wildman–Crippen LogP) is 3.48. The van der Waals surface area contributed by atoms with Gasteiger partial charge in [-0.2, -0.15) is 0 Å². The van der Waals surface area contributed by atoms with Crippen LogP contribution in [0.3, 0.4) is 0 Å². The minimum atomic E-state index is -0.424. The van der Waals surface area contributed by atoms with Crippen LogP contribution in [-0.2, 0) is 9.53 Å². The normalized spacial score (nSPS) is 16.4. The lowest BCUT2D eigenvalue weighted by Gasteiger charge is -2.05. The van der Waals surface area contributed by atoms with Gasteiger partial charge in [-0.1, -0.05) is 26.0 Å². The Balaban J connectivity index is 1.88. The van der Waals surface area contributed by atoms with Crippen LogP contribution in [0.25, 0.3) is 6.08 Å². The van der Waals surface area contributed by atoms with E-state index < -0.39 is 5.97 Å². The lowest BCUT2D eigenvalue weighted by Crippen LogP contribution is -2.05. The fourth-order valence-corrected chi connectivity index (χ4v) is 2.12. The standard InChI is InChI=1S/C17H16N2O2/c1-11(2)12-5-7-13(8-6-12)16-19-15(17(20)21-16)10-14-4-3-9-18-14/h3-11,18H,1-2H3. The van der Waals surface area contributed by atoms with Gasteiger partial charge in [0.2, 0.25) is 5.90 Å². The molecule has 106 valence electrons. The fraction of sp³-hybridized carbons (Fsp3) is 0.176. The molecule has 3 rings (SSSR count). The molecule has 0 aliphatic carbocycles. The number of rotatable bonds is 3. The Hall–Kier alpha value is -2.62. The second-order valence-electron chi connectivity index (χ2n) is 5.24. The number of nitrogens with one attached hydrogen (secondary N) is 1. The van der Waals surface area contributed by atoms with Gasteiger partial charge in [-0.05, 0) is 41.8 Å². The first-order chi connectivity index (χ1) is 10.1. The number of cyclic esters (lactones) is 1. The molecule has 0 bridgehead atoms. The Kier molecular flexibility index (Phi) is 3.44. The van der Waals surface area contributed by atoms with Crippen molar-refractivity contribution in [1.82, 2.24) is 4.98 Å². The van der Waals surface area contributed by atoms with E-state index in [1.807, 2.05) is 36.4 Å². The molecular weight excluding hydrogens is 264 g/mol. The van der Waals surface area contributed by atoms with Crippen LogP contribution in [0.15, 0.2) is 53.3 Å². The Labute approximate surface area is 123 Å². The number of H-pyrrole nitrogens is 1. The van der Waals surface area contributed by atoms with Crippen LogP contribution < -0.4 is 0 Å². The molecule has 0 saturated carbocycles. The second kappa shape index (κ2) is 5.40. The van der Waals surface area contributed by atoms with Crippen LogP contribution in [0.2, 0.25) is 0 Å². The van der Waals surface area contributed by atoms with Gasteiger partial charge < -0.3 is 9.72 Å². The zero-order valence-corrected chi connectivity index (χ0v) is 12.0. The first kappa shape index (κ1) is 13.4. The molecule has 1 aliphatic heterocycles. The van der Waals surface area contributed by atoms with Crippen molar-refractivity contribution < 1.29 is 9.53 Å².